The van der Waals surface area contributed by atoms with Gasteiger partial charge < -0.3 is 5.11 Å². The van der Waals surface area contributed by atoms with E-state index in [1.165, 1.54) is 57.8 Å². The number of aliphatic hydroxyl groups is 1. The summed E-state index contributed by atoms with van der Waals surface area (Å²) in [5.41, 5.74) is 1.14. The second-order valence-electron chi connectivity index (χ2n) is 13.1. The minimum atomic E-state index is -0.0107. The van der Waals surface area contributed by atoms with Crippen LogP contribution in [0.3, 0.4) is 0 Å². The van der Waals surface area contributed by atoms with Crippen molar-refractivity contribution in [3.63, 3.8) is 0 Å². The third-order valence-electron chi connectivity index (χ3n) is 11.6. The molecule has 0 aromatic heterocycles. The molecule has 0 radical (unpaired) electrons. The average Bonchev–Trinajstić information content (AvgIpc) is 3.03. The Kier molecular flexibility index (Phi) is 6.22. The minimum absolute atomic E-state index is 0.0107. The van der Waals surface area contributed by atoms with Gasteiger partial charge in [-0.05, 0) is 116 Å². The summed E-state index contributed by atoms with van der Waals surface area (Å²) in [4.78, 5) is 0. The molecule has 1 heteroatoms. The minimum Gasteiger partial charge on any atom is -0.393 e. The fourth-order valence-electron chi connectivity index (χ4n) is 9.27. The Labute approximate surface area is 181 Å². The van der Waals surface area contributed by atoms with Crippen molar-refractivity contribution < 1.29 is 5.11 Å². The van der Waals surface area contributed by atoms with Crippen LogP contribution in [0.4, 0.5) is 0 Å². The molecule has 4 fully saturated rings. The van der Waals surface area contributed by atoms with E-state index in [1.54, 1.807) is 0 Å². The van der Waals surface area contributed by atoms with Gasteiger partial charge in [0.25, 0.3) is 0 Å². The molecule has 0 heterocycles. The molecule has 0 aromatic carbocycles. The molecule has 10 atom stereocenters. The van der Waals surface area contributed by atoms with Crippen LogP contribution < -0.4 is 0 Å². The topological polar surface area (TPSA) is 20.2 Å². The number of fused-ring (bicyclic) bond motifs is 5. The van der Waals surface area contributed by atoms with Gasteiger partial charge in [-0.15, -0.1) is 0 Å². The third-order valence-corrected chi connectivity index (χ3v) is 11.6. The van der Waals surface area contributed by atoms with E-state index in [9.17, 15) is 5.11 Å². The van der Waals surface area contributed by atoms with Crippen molar-refractivity contribution in [2.24, 2.45) is 58.2 Å². The molecule has 0 spiro atoms. The monoisotopic (exact) mass is 402 g/mol. The Morgan fingerprint density at radius 3 is 2.21 bits per heavy atom. The molecule has 4 aliphatic rings. The average molecular weight is 403 g/mol. The Bertz CT molecular complexity index is 569. The quantitative estimate of drug-likeness (QED) is 0.499. The molecule has 4 saturated carbocycles. The summed E-state index contributed by atoms with van der Waals surface area (Å²) in [6.07, 6.45) is 15.1. The van der Waals surface area contributed by atoms with Crippen molar-refractivity contribution >= 4 is 0 Å². The predicted octanol–water partition coefficient (Wildman–Crippen LogP) is 7.71. The number of rotatable bonds is 5. The maximum absolute atomic E-state index is 10.3. The molecule has 1 N–H and O–H groups in total. The number of hydrogen-bond donors (Lipinski definition) is 1. The number of hydrogen-bond acceptors (Lipinski definition) is 1. The van der Waals surface area contributed by atoms with Crippen LogP contribution in [0.1, 0.15) is 112 Å². The molecule has 0 aliphatic heterocycles. The second-order valence-corrected chi connectivity index (χ2v) is 13.1. The van der Waals surface area contributed by atoms with Gasteiger partial charge in [0.2, 0.25) is 0 Å². The molecule has 168 valence electrons. The van der Waals surface area contributed by atoms with Gasteiger partial charge in [0.05, 0.1) is 6.10 Å². The molecule has 4 rings (SSSR count). The lowest BCUT2D eigenvalue weighted by atomic mass is 9.44. The smallest absolute Gasteiger partial charge is 0.0543 e. The van der Waals surface area contributed by atoms with E-state index in [2.05, 4.69) is 41.5 Å². The lowest BCUT2D eigenvalue weighted by molar-refractivity contribution is -0.129. The van der Waals surface area contributed by atoms with E-state index >= 15 is 0 Å². The van der Waals surface area contributed by atoms with Gasteiger partial charge >= 0.3 is 0 Å². The lowest BCUT2D eigenvalue weighted by Gasteiger charge is -2.61. The van der Waals surface area contributed by atoms with E-state index in [0.717, 1.165) is 60.2 Å². The highest BCUT2D eigenvalue weighted by molar-refractivity contribution is 5.09. The zero-order valence-electron chi connectivity index (χ0n) is 20.4. The maximum Gasteiger partial charge on any atom is 0.0543 e. The van der Waals surface area contributed by atoms with Gasteiger partial charge in [0, 0.05) is 0 Å². The Balaban J connectivity index is 1.46. The van der Waals surface area contributed by atoms with E-state index in [4.69, 9.17) is 0 Å². The zero-order chi connectivity index (χ0) is 21.0. The molecule has 29 heavy (non-hydrogen) atoms. The first-order valence-electron chi connectivity index (χ1n) is 13.3. The fraction of sp³-hybridized carbons (Fsp3) is 1.00. The summed E-state index contributed by atoms with van der Waals surface area (Å²) in [5, 5.41) is 10.3. The number of aliphatic hydroxyl groups excluding tert-OH is 1. The van der Waals surface area contributed by atoms with Gasteiger partial charge in [-0.25, -0.2) is 0 Å². The summed E-state index contributed by atoms with van der Waals surface area (Å²) < 4.78 is 0. The highest BCUT2D eigenvalue weighted by atomic mass is 16.3. The predicted molar refractivity (Wildman–Crippen MR) is 124 cm³/mol. The van der Waals surface area contributed by atoms with Crippen LogP contribution in [-0.4, -0.2) is 11.2 Å². The zero-order valence-corrected chi connectivity index (χ0v) is 20.4. The van der Waals surface area contributed by atoms with Gasteiger partial charge in [0.1, 0.15) is 0 Å². The molecule has 1 nitrogen and oxygen atoms in total. The van der Waals surface area contributed by atoms with Crippen molar-refractivity contribution in [2.75, 3.05) is 0 Å². The molecular formula is C28H50O. The van der Waals surface area contributed by atoms with Crippen molar-refractivity contribution in [2.45, 2.75) is 118 Å². The van der Waals surface area contributed by atoms with E-state index < -0.39 is 0 Å². The van der Waals surface area contributed by atoms with Crippen LogP contribution in [-0.2, 0) is 0 Å². The summed E-state index contributed by atoms with van der Waals surface area (Å²) in [6.45, 7) is 15.2. The normalized spacial score (nSPS) is 49.2. The van der Waals surface area contributed by atoms with Crippen molar-refractivity contribution in [3.8, 4) is 0 Å². The van der Waals surface area contributed by atoms with Gasteiger partial charge in [-0.2, -0.15) is 0 Å². The molecule has 0 saturated heterocycles. The van der Waals surface area contributed by atoms with Gasteiger partial charge in [-0.1, -0.05) is 54.4 Å². The first-order valence-corrected chi connectivity index (χ1v) is 13.3. The highest BCUT2D eigenvalue weighted by Gasteiger charge is 2.60. The van der Waals surface area contributed by atoms with E-state index in [0.29, 0.717) is 10.8 Å². The SMILES string of the molecule is CC(C)[C@H](C)CC[C@@H](C)C1CC[C@H]2[C@@H]3CC[C@H]4C[C@@H](O)CC[C@]4(C)[C@H]3CC[C@]12C. The van der Waals surface area contributed by atoms with Crippen LogP contribution in [0, 0.1) is 58.2 Å². The molecule has 0 amide bonds. The highest BCUT2D eigenvalue weighted by Crippen LogP contribution is 2.68. The van der Waals surface area contributed by atoms with Crippen molar-refractivity contribution in [3.05, 3.63) is 0 Å². The van der Waals surface area contributed by atoms with Crippen LogP contribution in [0.25, 0.3) is 0 Å². The van der Waals surface area contributed by atoms with Crippen molar-refractivity contribution in [1.82, 2.24) is 0 Å². The van der Waals surface area contributed by atoms with Gasteiger partial charge in [0.15, 0.2) is 0 Å². The summed E-state index contributed by atoms with van der Waals surface area (Å²) in [6, 6.07) is 0. The largest absolute Gasteiger partial charge is 0.393 e. The molecule has 0 aromatic rings. The van der Waals surface area contributed by atoms with Crippen LogP contribution in [0.15, 0.2) is 0 Å². The maximum atomic E-state index is 10.3. The third kappa shape index (κ3) is 3.74. The van der Waals surface area contributed by atoms with E-state index in [1.807, 2.05) is 0 Å². The fourth-order valence-corrected chi connectivity index (χ4v) is 9.27. The molecule has 1 unspecified atom stereocenters. The second kappa shape index (κ2) is 8.14. The molecule has 4 aliphatic carbocycles. The van der Waals surface area contributed by atoms with Crippen LogP contribution in [0.5, 0.6) is 0 Å². The van der Waals surface area contributed by atoms with E-state index in [-0.39, 0.29) is 6.10 Å². The Morgan fingerprint density at radius 2 is 1.48 bits per heavy atom. The summed E-state index contributed by atoms with van der Waals surface area (Å²) >= 11 is 0. The first kappa shape index (κ1) is 22.2. The van der Waals surface area contributed by atoms with Crippen LogP contribution >= 0.6 is 0 Å². The summed E-state index contributed by atoms with van der Waals surface area (Å²) in [7, 11) is 0. The summed E-state index contributed by atoms with van der Waals surface area (Å²) in [5.74, 6) is 7.28. The first-order chi connectivity index (χ1) is 13.7. The lowest BCUT2D eigenvalue weighted by Crippen LogP contribution is -2.54. The Morgan fingerprint density at radius 1 is 0.793 bits per heavy atom. The molecular weight excluding hydrogens is 352 g/mol. The molecule has 0 bridgehead atoms. The van der Waals surface area contributed by atoms with Crippen molar-refractivity contribution in [1.29, 1.82) is 0 Å². The van der Waals surface area contributed by atoms with Gasteiger partial charge in [-0.3, -0.25) is 0 Å². The Hall–Kier alpha value is -0.0400. The van der Waals surface area contributed by atoms with Crippen LogP contribution in [0.2, 0.25) is 0 Å². The standard InChI is InChI=1S/C28H50O/c1-18(2)19(3)7-8-20(4)24-11-12-25-23-10-9-21-17-22(29)13-15-27(21,5)26(23)14-16-28(24,25)6/h18-26,29H,7-17H2,1-6H3/t19-,20-,21+,22+,23+,24?,25+,26+,27+,28-/m1/s1.